The molecule has 1 amide bonds. The summed E-state index contributed by atoms with van der Waals surface area (Å²) in [5.74, 6) is 1.37. The Balaban J connectivity index is 1.88. The van der Waals surface area contributed by atoms with Crippen molar-refractivity contribution in [1.82, 2.24) is 5.32 Å². The van der Waals surface area contributed by atoms with E-state index in [0.717, 1.165) is 0 Å². The summed E-state index contributed by atoms with van der Waals surface area (Å²) in [7, 11) is 0. The Labute approximate surface area is 133 Å². The van der Waals surface area contributed by atoms with E-state index in [2.05, 4.69) is 5.32 Å². The van der Waals surface area contributed by atoms with Crippen molar-refractivity contribution in [3.05, 3.63) is 35.4 Å². The van der Waals surface area contributed by atoms with E-state index in [1.54, 1.807) is 0 Å². The molecule has 1 aliphatic rings. The van der Waals surface area contributed by atoms with Crippen LogP contribution in [0.5, 0.6) is 0 Å². The fraction of sp³-hybridized carbons (Fsp3) is 0.467. The topological polar surface area (TPSA) is 66.4 Å². The van der Waals surface area contributed by atoms with Crippen molar-refractivity contribution in [3.8, 4) is 0 Å². The third kappa shape index (κ3) is 4.97. The molecule has 1 atom stereocenters. The maximum Gasteiger partial charge on any atom is 0.303 e. The molecular weight excluding hydrogens is 306 g/mol. The highest BCUT2D eigenvalue weighted by molar-refractivity contribution is 8.19. The minimum Gasteiger partial charge on any atom is -0.481 e. The van der Waals surface area contributed by atoms with Crippen molar-refractivity contribution in [3.63, 3.8) is 0 Å². The van der Waals surface area contributed by atoms with Crippen molar-refractivity contribution < 1.29 is 14.7 Å². The van der Waals surface area contributed by atoms with Gasteiger partial charge in [-0.2, -0.15) is 0 Å². The second kappa shape index (κ2) is 7.75. The highest BCUT2D eigenvalue weighted by Gasteiger charge is 2.18. The van der Waals surface area contributed by atoms with Crippen LogP contribution in [0.2, 0.25) is 0 Å². The molecular formula is C15H19NO3S2. The molecule has 2 rings (SSSR count). The van der Waals surface area contributed by atoms with E-state index in [1.165, 1.54) is 17.1 Å². The van der Waals surface area contributed by atoms with E-state index in [-0.39, 0.29) is 18.4 Å². The fourth-order valence-electron chi connectivity index (χ4n) is 2.06. The molecule has 1 fully saturated rings. The molecule has 114 valence electrons. The Bertz CT molecular complexity index is 498. The first-order chi connectivity index (χ1) is 10.1. The van der Waals surface area contributed by atoms with E-state index >= 15 is 0 Å². The number of rotatable bonds is 6. The highest BCUT2D eigenvalue weighted by atomic mass is 32.2. The molecule has 1 aromatic rings. The molecule has 6 heteroatoms. The number of hydrogen-bond acceptors (Lipinski definition) is 4. The smallest absolute Gasteiger partial charge is 0.303 e. The first kappa shape index (κ1) is 16.2. The number of carboxylic acid groups (broad SMARTS) is 1. The first-order valence-electron chi connectivity index (χ1n) is 6.92. The summed E-state index contributed by atoms with van der Waals surface area (Å²) in [6.07, 6.45) is 0.505. The zero-order valence-electron chi connectivity index (χ0n) is 11.9. The largest absolute Gasteiger partial charge is 0.481 e. The molecule has 0 saturated carbocycles. The summed E-state index contributed by atoms with van der Waals surface area (Å²) in [4.78, 5) is 22.6. The second-order valence-electron chi connectivity index (χ2n) is 5.00. The maximum absolute atomic E-state index is 12.1. The summed E-state index contributed by atoms with van der Waals surface area (Å²) in [6, 6.07) is 7.55. The quantitative estimate of drug-likeness (QED) is 0.841. The molecule has 0 bridgehead atoms. The van der Waals surface area contributed by atoms with Crippen molar-refractivity contribution >= 4 is 35.4 Å². The van der Waals surface area contributed by atoms with Crippen LogP contribution < -0.4 is 5.32 Å². The average molecular weight is 325 g/mol. The number of amides is 1. The molecule has 1 saturated heterocycles. The molecule has 1 aromatic carbocycles. The van der Waals surface area contributed by atoms with Crippen LogP contribution in [0.3, 0.4) is 0 Å². The van der Waals surface area contributed by atoms with Crippen LogP contribution in [0.4, 0.5) is 0 Å². The third-order valence-electron chi connectivity index (χ3n) is 3.24. The third-order valence-corrected chi connectivity index (χ3v) is 6.34. The Morgan fingerprint density at radius 1 is 1.29 bits per heavy atom. The summed E-state index contributed by atoms with van der Waals surface area (Å²) in [5, 5.41) is 11.5. The molecule has 1 aliphatic heterocycles. The molecule has 21 heavy (non-hydrogen) atoms. The molecule has 1 heterocycles. The fourth-order valence-corrected chi connectivity index (χ4v) is 4.92. The van der Waals surface area contributed by atoms with Crippen LogP contribution in [0.1, 0.15) is 40.3 Å². The van der Waals surface area contributed by atoms with E-state index in [4.69, 9.17) is 5.11 Å². The van der Waals surface area contributed by atoms with Gasteiger partial charge in [0, 0.05) is 29.5 Å². The standard InChI is InChI=1S/C15H19NO3S2/c1-10(2-7-13(17)18)16-14(19)11-3-5-12(6-4-11)15-20-8-9-21-15/h3-6,10,15H,2,7-9H2,1H3,(H,16,19)(H,17,18). The predicted molar refractivity (Wildman–Crippen MR) is 87.9 cm³/mol. The van der Waals surface area contributed by atoms with Gasteiger partial charge in [0.1, 0.15) is 0 Å². The predicted octanol–water partition coefficient (Wildman–Crippen LogP) is 3.15. The summed E-state index contributed by atoms with van der Waals surface area (Å²) in [6.45, 7) is 1.82. The van der Waals surface area contributed by atoms with E-state index in [9.17, 15) is 9.59 Å². The Kier molecular flexibility index (Phi) is 5.99. The lowest BCUT2D eigenvalue weighted by atomic mass is 10.1. The zero-order chi connectivity index (χ0) is 15.2. The molecule has 0 radical (unpaired) electrons. The monoisotopic (exact) mass is 325 g/mol. The van der Waals surface area contributed by atoms with Gasteiger partial charge in [0.05, 0.1) is 4.58 Å². The van der Waals surface area contributed by atoms with Gasteiger partial charge in [-0.15, -0.1) is 23.5 Å². The van der Waals surface area contributed by atoms with Gasteiger partial charge in [0.2, 0.25) is 0 Å². The van der Waals surface area contributed by atoms with Crippen molar-refractivity contribution in [2.75, 3.05) is 11.5 Å². The summed E-state index contributed by atoms with van der Waals surface area (Å²) < 4.78 is 0.483. The molecule has 2 N–H and O–H groups in total. The van der Waals surface area contributed by atoms with Crippen molar-refractivity contribution in [2.45, 2.75) is 30.4 Å². The minimum absolute atomic E-state index is 0.0660. The second-order valence-corrected chi connectivity index (χ2v) is 7.73. The van der Waals surface area contributed by atoms with Crippen molar-refractivity contribution in [1.29, 1.82) is 0 Å². The SMILES string of the molecule is CC(CCC(=O)O)NC(=O)c1ccc(C2SCCS2)cc1. The van der Waals surface area contributed by atoms with E-state index < -0.39 is 5.97 Å². The number of hydrogen-bond donors (Lipinski definition) is 2. The Morgan fingerprint density at radius 2 is 1.90 bits per heavy atom. The van der Waals surface area contributed by atoms with Gasteiger partial charge in [0.25, 0.3) is 5.91 Å². The molecule has 1 unspecified atom stereocenters. The van der Waals surface area contributed by atoms with Crippen LogP contribution in [0, 0.1) is 0 Å². The van der Waals surface area contributed by atoms with Gasteiger partial charge in [-0.3, -0.25) is 9.59 Å². The Hall–Kier alpha value is -1.14. The number of nitrogens with one attached hydrogen (secondary N) is 1. The number of aliphatic carboxylic acids is 1. The lowest BCUT2D eigenvalue weighted by molar-refractivity contribution is -0.137. The van der Waals surface area contributed by atoms with Gasteiger partial charge in [-0.25, -0.2) is 0 Å². The molecule has 0 spiro atoms. The molecule has 0 aromatic heterocycles. The summed E-state index contributed by atoms with van der Waals surface area (Å²) >= 11 is 3.87. The lowest BCUT2D eigenvalue weighted by Gasteiger charge is -2.13. The zero-order valence-corrected chi connectivity index (χ0v) is 13.5. The minimum atomic E-state index is -0.841. The van der Waals surface area contributed by atoms with Crippen LogP contribution in [0.25, 0.3) is 0 Å². The Morgan fingerprint density at radius 3 is 2.48 bits per heavy atom. The van der Waals surface area contributed by atoms with Gasteiger partial charge >= 0.3 is 5.97 Å². The van der Waals surface area contributed by atoms with E-state index in [1.807, 2.05) is 54.7 Å². The van der Waals surface area contributed by atoms with Gasteiger partial charge in [-0.1, -0.05) is 12.1 Å². The van der Waals surface area contributed by atoms with Gasteiger partial charge in [-0.05, 0) is 31.0 Å². The van der Waals surface area contributed by atoms with Gasteiger partial charge < -0.3 is 10.4 Å². The number of carboxylic acids is 1. The number of carbonyl (C=O) groups is 2. The number of thioether (sulfide) groups is 2. The van der Waals surface area contributed by atoms with Crippen LogP contribution >= 0.6 is 23.5 Å². The number of benzene rings is 1. The molecule has 0 aliphatic carbocycles. The van der Waals surface area contributed by atoms with Gasteiger partial charge in [0.15, 0.2) is 0 Å². The average Bonchev–Trinajstić information content (AvgIpc) is 2.99. The van der Waals surface area contributed by atoms with Crippen LogP contribution in [0.15, 0.2) is 24.3 Å². The van der Waals surface area contributed by atoms with Crippen LogP contribution in [-0.4, -0.2) is 34.5 Å². The van der Waals surface area contributed by atoms with E-state index in [0.29, 0.717) is 16.6 Å². The maximum atomic E-state index is 12.1. The number of carbonyl (C=O) groups excluding carboxylic acids is 1. The lowest BCUT2D eigenvalue weighted by Crippen LogP contribution is -2.32. The summed E-state index contributed by atoms with van der Waals surface area (Å²) in [5.41, 5.74) is 1.87. The molecule has 4 nitrogen and oxygen atoms in total. The van der Waals surface area contributed by atoms with Crippen LogP contribution in [-0.2, 0) is 4.79 Å². The first-order valence-corrected chi connectivity index (χ1v) is 9.02. The highest BCUT2D eigenvalue weighted by Crippen LogP contribution is 2.45. The normalized spacial score (nSPS) is 16.6. The van der Waals surface area contributed by atoms with Crippen molar-refractivity contribution in [2.24, 2.45) is 0 Å².